The summed E-state index contributed by atoms with van der Waals surface area (Å²) in [6.45, 7) is 3.25. The Morgan fingerprint density at radius 2 is 0.800 bits per heavy atom. The van der Waals surface area contributed by atoms with Crippen LogP contribution in [0.3, 0.4) is 0 Å². The van der Waals surface area contributed by atoms with E-state index in [4.69, 9.17) is 39.8 Å². The molecule has 4 N–H and O–H groups in total. The maximum absolute atomic E-state index is 9.00. The fourth-order valence-electron chi connectivity index (χ4n) is 0. The van der Waals surface area contributed by atoms with Crippen LogP contribution in [-0.2, 0) is 14.4 Å². The molecule has 0 aliphatic heterocycles. The average molecular weight is 227 g/mol. The van der Waals surface area contributed by atoms with Crippen molar-refractivity contribution in [2.45, 2.75) is 20.8 Å². The second-order valence-corrected chi connectivity index (χ2v) is 1.64. The molecule has 0 aromatic carbocycles. The first kappa shape index (κ1) is 23.0. The number of carbonyl (C=O) groups is 3. The largest absolute Gasteiger partial charge is 0.481 e. The van der Waals surface area contributed by atoms with Crippen LogP contribution in [0.4, 0.5) is 0 Å². The fourth-order valence-corrected chi connectivity index (χ4v) is 0. The SMILES string of the molecule is CC(=O)O.CC(=O)O.CC(=O)O.O=NO. The Bertz CT molecular complexity index is 149. The summed E-state index contributed by atoms with van der Waals surface area (Å²) < 4.78 is 0. The summed E-state index contributed by atoms with van der Waals surface area (Å²) in [5.41, 5.74) is 0. The van der Waals surface area contributed by atoms with E-state index in [0.29, 0.717) is 0 Å². The Morgan fingerprint density at radius 3 is 0.800 bits per heavy atom. The van der Waals surface area contributed by atoms with Crippen LogP contribution in [0, 0.1) is 4.91 Å². The molecule has 0 aromatic heterocycles. The first-order valence-corrected chi connectivity index (χ1v) is 3.17. The van der Waals surface area contributed by atoms with Crippen LogP contribution >= 0.6 is 0 Å². The van der Waals surface area contributed by atoms with Crippen molar-refractivity contribution in [2.75, 3.05) is 0 Å². The predicted octanol–water partition coefficient (Wildman–Crippen LogP) is 0.415. The highest BCUT2D eigenvalue weighted by Gasteiger charge is 1.66. The number of nitrogens with zero attached hydrogens (tertiary/aromatic N) is 1. The summed E-state index contributed by atoms with van der Waals surface area (Å²) in [5, 5.41) is 30.1. The van der Waals surface area contributed by atoms with Crippen molar-refractivity contribution in [2.24, 2.45) is 5.34 Å². The fraction of sp³-hybridized carbons (Fsp3) is 0.500. The third-order valence-corrected chi connectivity index (χ3v) is 0. The molecule has 9 nitrogen and oxygen atoms in total. The van der Waals surface area contributed by atoms with E-state index in [1.54, 1.807) is 0 Å². The van der Waals surface area contributed by atoms with Gasteiger partial charge in [-0.3, -0.25) is 14.4 Å². The molecular formula is C6H13NO8. The van der Waals surface area contributed by atoms with Gasteiger partial charge in [-0.15, -0.1) is 4.91 Å². The molecule has 0 fully saturated rings. The second kappa shape index (κ2) is 22.6. The van der Waals surface area contributed by atoms with E-state index >= 15 is 0 Å². The van der Waals surface area contributed by atoms with Crippen LogP contribution in [0.2, 0.25) is 0 Å². The minimum atomic E-state index is -0.833. The van der Waals surface area contributed by atoms with Gasteiger partial charge in [0.25, 0.3) is 17.9 Å². The van der Waals surface area contributed by atoms with Crippen molar-refractivity contribution >= 4 is 17.9 Å². The first-order chi connectivity index (χ1) is 6.61. The third kappa shape index (κ3) is 237. The molecule has 0 heterocycles. The molecule has 0 amide bonds. The van der Waals surface area contributed by atoms with Crippen molar-refractivity contribution in [3.05, 3.63) is 4.91 Å². The summed E-state index contributed by atoms with van der Waals surface area (Å²) in [7, 11) is 0. The Hall–Kier alpha value is -2.19. The summed E-state index contributed by atoms with van der Waals surface area (Å²) in [6.07, 6.45) is 0. The molecule has 9 heteroatoms. The van der Waals surface area contributed by atoms with Gasteiger partial charge in [-0.2, -0.15) is 0 Å². The van der Waals surface area contributed by atoms with Crippen LogP contribution in [0.15, 0.2) is 5.34 Å². The van der Waals surface area contributed by atoms with Crippen molar-refractivity contribution in [1.29, 1.82) is 0 Å². The van der Waals surface area contributed by atoms with Crippen molar-refractivity contribution < 1.29 is 34.9 Å². The molecule has 0 radical (unpaired) electrons. The Balaban J connectivity index is -0.0000000542. The van der Waals surface area contributed by atoms with E-state index in [1.807, 2.05) is 0 Å². The van der Waals surface area contributed by atoms with E-state index in [0.717, 1.165) is 20.8 Å². The van der Waals surface area contributed by atoms with Gasteiger partial charge in [-0.25, -0.2) is 0 Å². The number of aliphatic carboxylic acids is 3. The first-order valence-electron chi connectivity index (χ1n) is 3.17. The molecule has 0 spiro atoms. The van der Waals surface area contributed by atoms with Gasteiger partial charge in [0, 0.05) is 20.8 Å². The van der Waals surface area contributed by atoms with Crippen molar-refractivity contribution in [1.82, 2.24) is 0 Å². The smallest absolute Gasteiger partial charge is 0.300 e. The van der Waals surface area contributed by atoms with Crippen LogP contribution in [-0.4, -0.2) is 38.4 Å². The van der Waals surface area contributed by atoms with Gasteiger partial charge in [0.2, 0.25) is 0 Å². The molecule has 0 atom stereocenters. The minimum absolute atomic E-state index is 0.833. The number of hydrogen-bond donors (Lipinski definition) is 4. The van der Waals surface area contributed by atoms with Gasteiger partial charge in [0.1, 0.15) is 0 Å². The number of carboxylic acids is 3. The van der Waals surface area contributed by atoms with E-state index in [1.165, 1.54) is 5.34 Å². The highest BCUT2D eigenvalue weighted by molar-refractivity contribution is 5.63. The maximum atomic E-state index is 9.00. The van der Waals surface area contributed by atoms with Gasteiger partial charge >= 0.3 is 0 Å². The van der Waals surface area contributed by atoms with E-state index in [2.05, 4.69) is 0 Å². The monoisotopic (exact) mass is 227 g/mol. The number of rotatable bonds is 0. The molecule has 90 valence electrons. The molecule has 0 bridgehead atoms. The van der Waals surface area contributed by atoms with Crippen molar-refractivity contribution in [3.8, 4) is 0 Å². The zero-order valence-electron chi connectivity index (χ0n) is 8.37. The lowest BCUT2D eigenvalue weighted by atomic mass is 10.9. The molecule has 0 aliphatic rings. The summed E-state index contributed by atoms with van der Waals surface area (Å²) in [4.78, 5) is 35.1. The van der Waals surface area contributed by atoms with E-state index in [9.17, 15) is 0 Å². The molecule has 0 aliphatic carbocycles. The topological polar surface area (TPSA) is 162 Å². The van der Waals surface area contributed by atoms with Gasteiger partial charge in [-0.05, 0) is 0 Å². The van der Waals surface area contributed by atoms with Gasteiger partial charge in [-0.1, -0.05) is 0 Å². The molecule has 0 saturated carbocycles. The van der Waals surface area contributed by atoms with Crippen LogP contribution in [0.1, 0.15) is 20.8 Å². The van der Waals surface area contributed by atoms with Crippen LogP contribution in [0.25, 0.3) is 0 Å². The van der Waals surface area contributed by atoms with Crippen LogP contribution in [0.5, 0.6) is 0 Å². The summed E-state index contributed by atoms with van der Waals surface area (Å²) in [6, 6.07) is 0. The van der Waals surface area contributed by atoms with Crippen molar-refractivity contribution in [3.63, 3.8) is 0 Å². The zero-order valence-corrected chi connectivity index (χ0v) is 8.37. The molecule has 0 rings (SSSR count). The lowest BCUT2D eigenvalue weighted by Crippen LogP contribution is -1.78. The number of hydrogen-bond acceptors (Lipinski definition) is 5. The van der Waals surface area contributed by atoms with E-state index in [-0.39, 0.29) is 0 Å². The quantitative estimate of drug-likeness (QED) is 0.341. The lowest BCUT2D eigenvalue weighted by molar-refractivity contribution is -0.135. The second-order valence-electron chi connectivity index (χ2n) is 1.64. The van der Waals surface area contributed by atoms with Gasteiger partial charge in [0.15, 0.2) is 5.34 Å². The average Bonchev–Trinajstić information content (AvgIpc) is 1.81. The highest BCUT2D eigenvalue weighted by atomic mass is 16.6. The predicted molar refractivity (Wildman–Crippen MR) is 47.5 cm³/mol. The minimum Gasteiger partial charge on any atom is -0.481 e. The highest BCUT2D eigenvalue weighted by Crippen LogP contribution is 1.42. The molecule has 0 saturated heterocycles. The van der Waals surface area contributed by atoms with Gasteiger partial charge in [0.05, 0.1) is 0 Å². The molecule has 0 aromatic rings. The van der Waals surface area contributed by atoms with E-state index < -0.39 is 17.9 Å². The van der Waals surface area contributed by atoms with Crippen LogP contribution < -0.4 is 0 Å². The summed E-state index contributed by atoms with van der Waals surface area (Å²) >= 11 is 0. The molecular weight excluding hydrogens is 214 g/mol. The molecule has 15 heavy (non-hydrogen) atoms. The zero-order chi connectivity index (χ0) is 13.4. The standard InChI is InChI=1S/3C2H4O2.HNO2/c3*1-2(3)4;2-1-3/h3*1H3,(H,3,4);(H,2,3). The Morgan fingerprint density at radius 1 is 0.800 bits per heavy atom. The summed E-state index contributed by atoms with van der Waals surface area (Å²) in [5.74, 6) is -2.50. The Labute approximate surface area is 84.9 Å². The normalized spacial score (nSPS) is 5.80. The third-order valence-electron chi connectivity index (χ3n) is 0. The number of carboxylic acid groups (broad SMARTS) is 3. The Kier molecular flexibility index (Phi) is 34.7. The molecule has 0 unspecified atom stereocenters. The lowest BCUT2D eigenvalue weighted by Gasteiger charge is -1.59. The maximum Gasteiger partial charge on any atom is 0.300 e. The van der Waals surface area contributed by atoms with Gasteiger partial charge < -0.3 is 20.5 Å².